The first-order valence-corrected chi connectivity index (χ1v) is 4.34. The van der Waals surface area contributed by atoms with Crippen LogP contribution < -0.4 is 16.4 Å². The van der Waals surface area contributed by atoms with Gasteiger partial charge < -0.3 is 16.4 Å². The van der Waals surface area contributed by atoms with Crippen LogP contribution >= 0.6 is 0 Å². The Kier molecular flexibility index (Phi) is 6.70. The van der Waals surface area contributed by atoms with Crippen LogP contribution in [0.15, 0.2) is 0 Å². The van der Waals surface area contributed by atoms with Gasteiger partial charge in [-0.3, -0.25) is 4.79 Å². The van der Waals surface area contributed by atoms with E-state index in [2.05, 4.69) is 10.6 Å². The molecule has 0 rings (SSSR count). The van der Waals surface area contributed by atoms with Crippen molar-refractivity contribution in [2.24, 2.45) is 11.7 Å². The molecule has 0 aromatic heterocycles. The van der Waals surface area contributed by atoms with Gasteiger partial charge in [-0.25, -0.2) is 0 Å². The zero-order chi connectivity index (χ0) is 9.40. The number of nitrogens with two attached hydrogens (primary N) is 1. The first kappa shape index (κ1) is 11.4. The lowest BCUT2D eigenvalue weighted by atomic mass is 10.1. The minimum absolute atomic E-state index is 0.0350. The third-order valence-electron chi connectivity index (χ3n) is 1.64. The van der Waals surface area contributed by atoms with Gasteiger partial charge in [0.05, 0.1) is 0 Å². The van der Waals surface area contributed by atoms with Gasteiger partial charge in [-0.15, -0.1) is 0 Å². The van der Waals surface area contributed by atoms with Crippen LogP contribution in [0.5, 0.6) is 0 Å². The van der Waals surface area contributed by atoms with Crippen LogP contribution in [-0.2, 0) is 4.79 Å². The van der Waals surface area contributed by atoms with Gasteiger partial charge in [-0.05, 0) is 20.0 Å². The summed E-state index contributed by atoms with van der Waals surface area (Å²) in [6.07, 6.45) is 0.845. The van der Waals surface area contributed by atoms with E-state index in [1.165, 1.54) is 0 Å². The molecule has 0 aliphatic carbocycles. The normalized spacial score (nSPS) is 12.6. The standard InChI is InChI=1S/C8H19N3O/c1-7(6-10-2)8(12)11-5-3-4-9/h7,10H,3-6,9H2,1-2H3,(H,11,12). The van der Waals surface area contributed by atoms with Crippen molar-refractivity contribution in [3.8, 4) is 0 Å². The highest BCUT2D eigenvalue weighted by Crippen LogP contribution is 1.91. The average molecular weight is 173 g/mol. The summed E-state index contributed by atoms with van der Waals surface area (Å²) in [5.74, 6) is 0.130. The Morgan fingerprint density at radius 1 is 1.58 bits per heavy atom. The molecule has 0 fully saturated rings. The Hall–Kier alpha value is -0.610. The molecule has 1 atom stereocenters. The van der Waals surface area contributed by atoms with Gasteiger partial charge in [-0.1, -0.05) is 6.92 Å². The summed E-state index contributed by atoms with van der Waals surface area (Å²) >= 11 is 0. The van der Waals surface area contributed by atoms with E-state index < -0.39 is 0 Å². The van der Waals surface area contributed by atoms with E-state index in [9.17, 15) is 4.79 Å². The predicted molar refractivity (Wildman–Crippen MR) is 49.8 cm³/mol. The quantitative estimate of drug-likeness (QED) is 0.466. The molecule has 1 amide bonds. The summed E-state index contributed by atoms with van der Waals surface area (Å²) in [6, 6.07) is 0. The number of amides is 1. The minimum atomic E-state index is 0.0350. The molecule has 12 heavy (non-hydrogen) atoms. The highest BCUT2D eigenvalue weighted by molar-refractivity contribution is 5.78. The molecule has 0 spiro atoms. The van der Waals surface area contributed by atoms with Crippen molar-refractivity contribution >= 4 is 5.91 Å². The predicted octanol–water partition coefficient (Wildman–Crippen LogP) is -0.693. The van der Waals surface area contributed by atoms with Crippen LogP contribution in [0, 0.1) is 5.92 Å². The molecule has 72 valence electrons. The van der Waals surface area contributed by atoms with E-state index in [1.807, 2.05) is 14.0 Å². The van der Waals surface area contributed by atoms with Gasteiger partial charge in [0.25, 0.3) is 0 Å². The summed E-state index contributed by atoms with van der Waals surface area (Å²) in [4.78, 5) is 11.2. The topological polar surface area (TPSA) is 67.2 Å². The molecule has 4 nitrogen and oxygen atoms in total. The van der Waals surface area contributed by atoms with E-state index in [0.717, 1.165) is 6.42 Å². The Bertz CT molecular complexity index is 127. The third-order valence-corrected chi connectivity index (χ3v) is 1.64. The number of carbonyl (C=O) groups excluding carboxylic acids is 1. The highest BCUT2D eigenvalue weighted by Gasteiger charge is 2.09. The molecular formula is C8H19N3O. The lowest BCUT2D eigenvalue weighted by molar-refractivity contribution is -0.124. The van der Waals surface area contributed by atoms with Crippen molar-refractivity contribution < 1.29 is 4.79 Å². The molecule has 4 heteroatoms. The number of hydrogen-bond donors (Lipinski definition) is 3. The summed E-state index contributed by atoms with van der Waals surface area (Å²) < 4.78 is 0. The fourth-order valence-electron chi connectivity index (χ4n) is 0.887. The molecule has 0 bridgehead atoms. The van der Waals surface area contributed by atoms with Crippen molar-refractivity contribution in [1.29, 1.82) is 0 Å². The number of hydrogen-bond acceptors (Lipinski definition) is 3. The fourth-order valence-corrected chi connectivity index (χ4v) is 0.887. The second kappa shape index (κ2) is 7.06. The van der Waals surface area contributed by atoms with E-state index in [4.69, 9.17) is 5.73 Å². The van der Waals surface area contributed by atoms with Crippen molar-refractivity contribution in [2.75, 3.05) is 26.7 Å². The summed E-state index contributed by atoms with van der Waals surface area (Å²) in [5, 5.41) is 5.76. The zero-order valence-corrected chi connectivity index (χ0v) is 7.89. The number of carbonyl (C=O) groups is 1. The Balaban J connectivity index is 3.43. The van der Waals surface area contributed by atoms with Crippen LogP contribution in [0.4, 0.5) is 0 Å². The van der Waals surface area contributed by atoms with Gasteiger partial charge >= 0.3 is 0 Å². The molecule has 0 aliphatic heterocycles. The maximum Gasteiger partial charge on any atom is 0.224 e. The molecule has 0 aromatic carbocycles. The lowest BCUT2D eigenvalue weighted by Gasteiger charge is -2.10. The average Bonchev–Trinajstić information content (AvgIpc) is 2.05. The fraction of sp³-hybridized carbons (Fsp3) is 0.875. The third kappa shape index (κ3) is 5.09. The maximum absolute atomic E-state index is 11.2. The van der Waals surface area contributed by atoms with Gasteiger partial charge in [0, 0.05) is 19.0 Å². The molecule has 0 radical (unpaired) electrons. The van der Waals surface area contributed by atoms with Gasteiger partial charge in [0.15, 0.2) is 0 Å². The Labute approximate surface area is 73.9 Å². The molecule has 0 heterocycles. The first-order chi connectivity index (χ1) is 5.72. The van der Waals surface area contributed by atoms with Crippen LogP contribution in [0.1, 0.15) is 13.3 Å². The molecule has 0 aromatic rings. The highest BCUT2D eigenvalue weighted by atomic mass is 16.1. The van der Waals surface area contributed by atoms with E-state index in [-0.39, 0.29) is 11.8 Å². The van der Waals surface area contributed by atoms with E-state index in [1.54, 1.807) is 0 Å². The number of rotatable bonds is 6. The summed E-state index contributed by atoms with van der Waals surface area (Å²) in [7, 11) is 1.84. The van der Waals surface area contributed by atoms with E-state index >= 15 is 0 Å². The van der Waals surface area contributed by atoms with Crippen LogP contribution in [0.25, 0.3) is 0 Å². The van der Waals surface area contributed by atoms with Crippen LogP contribution in [-0.4, -0.2) is 32.6 Å². The monoisotopic (exact) mass is 173 g/mol. The zero-order valence-electron chi connectivity index (χ0n) is 7.89. The smallest absolute Gasteiger partial charge is 0.224 e. The summed E-state index contributed by atoms with van der Waals surface area (Å²) in [6.45, 7) is 3.92. The maximum atomic E-state index is 11.2. The van der Waals surface area contributed by atoms with Crippen molar-refractivity contribution in [3.05, 3.63) is 0 Å². The molecule has 4 N–H and O–H groups in total. The largest absolute Gasteiger partial charge is 0.356 e. The van der Waals surface area contributed by atoms with E-state index in [0.29, 0.717) is 19.6 Å². The molecular weight excluding hydrogens is 154 g/mol. The summed E-state index contributed by atoms with van der Waals surface area (Å²) in [5.41, 5.74) is 5.29. The number of nitrogens with one attached hydrogen (secondary N) is 2. The van der Waals surface area contributed by atoms with Crippen molar-refractivity contribution in [1.82, 2.24) is 10.6 Å². The minimum Gasteiger partial charge on any atom is -0.356 e. The second-order valence-electron chi connectivity index (χ2n) is 2.89. The SMILES string of the molecule is CNCC(C)C(=O)NCCCN. The van der Waals surface area contributed by atoms with Gasteiger partial charge in [0.2, 0.25) is 5.91 Å². The van der Waals surface area contributed by atoms with Gasteiger partial charge in [-0.2, -0.15) is 0 Å². The molecule has 0 aliphatic rings. The Morgan fingerprint density at radius 2 is 2.25 bits per heavy atom. The first-order valence-electron chi connectivity index (χ1n) is 4.34. The van der Waals surface area contributed by atoms with Crippen LogP contribution in [0.3, 0.4) is 0 Å². The van der Waals surface area contributed by atoms with Gasteiger partial charge in [0.1, 0.15) is 0 Å². The van der Waals surface area contributed by atoms with Crippen LogP contribution in [0.2, 0.25) is 0 Å². The molecule has 0 saturated heterocycles. The lowest BCUT2D eigenvalue weighted by Crippen LogP contribution is -2.35. The van der Waals surface area contributed by atoms with Crippen molar-refractivity contribution in [3.63, 3.8) is 0 Å². The molecule has 0 saturated carbocycles. The Morgan fingerprint density at radius 3 is 2.75 bits per heavy atom. The second-order valence-corrected chi connectivity index (χ2v) is 2.89. The molecule has 1 unspecified atom stereocenters. The van der Waals surface area contributed by atoms with Crippen molar-refractivity contribution in [2.45, 2.75) is 13.3 Å².